The number of nitrogens with zero attached hydrogens (tertiary/aromatic N) is 2. The molecule has 0 spiro atoms. The van der Waals surface area contributed by atoms with Gasteiger partial charge in [-0.1, -0.05) is 66.0 Å². The number of carbonyl (C=O) groups is 2. The van der Waals surface area contributed by atoms with E-state index in [1.807, 2.05) is 36.4 Å². The number of anilines is 2. The molecule has 2 aromatic carbocycles. The Hall–Kier alpha value is -3.49. The van der Waals surface area contributed by atoms with Crippen molar-refractivity contribution in [3.05, 3.63) is 88.0 Å². The Bertz CT molecular complexity index is 1310. The highest BCUT2D eigenvalue weighted by molar-refractivity contribution is 6.39. The lowest BCUT2D eigenvalue weighted by Gasteiger charge is -2.32. The van der Waals surface area contributed by atoms with Gasteiger partial charge in [-0.3, -0.25) is 10.1 Å². The zero-order valence-corrected chi connectivity index (χ0v) is 24.9. The predicted molar refractivity (Wildman–Crippen MR) is 161 cm³/mol. The molecule has 8 nitrogen and oxygen atoms in total. The van der Waals surface area contributed by atoms with E-state index in [-0.39, 0.29) is 34.7 Å². The number of amides is 1. The molecule has 1 fully saturated rings. The van der Waals surface area contributed by atoms with E-state index in [1.54, 1.807) is 30.5 Å². The van der Waals surface area contributed by atoms with Crippen molar-refractivity contribution in [2.24, 2.45) is 5.92 Å². The van der Waals surface area contributed by atoms with Crippen LogP contribution in [0.5, 0.6) is 0 Å². The molecule has 3 aromatic rings. The van der Waals surface area contributed by atoms with Crippen LogP contribution in [0.25, 0.3) is 0 Å². The molecule has 3 N–H and O–H groups in total. The van der Waals surface area contributed by atoms with Gasteiger partial charge in [0.05, 0.1) is 28.3 Å². The molecule has 1 aromatic heterocycles. The minimum absolute atomic E-state index is 0.130. The second-order valence-electron chi connectivity index (χ2n) is 10.7. The van der Waals surface area contributed by atoms with E-state index in [0.29, 0.717) is 11.7 Å². The number of carbonyl (C=O) groups excluding carboxylic acids is 2. The largest absolute Gasteiger partial charge is 0.464 e. The second kappa shape index (κ2) is 14.4. The van der Waals surface area contributed by atoms with Crippen molar-refractivity contribution in [1.29, 1.82) is 0 Å². The maximum Gasteiger partial charge on any atom is 0.328 e. The van der Waals surface area contributed by atoms with Crippen molar-refractivity contribution in [3.63, 3.8) is 0 Å². The number of pyridine rings is 1. The van der Waals surface area contributed by atoms with Crippen LogP contribution in [0, 0.1) is 5.92 Å². The molecular formula is C31H37Cl2N4O4+. The van der Waals surface area contributed by atoms with Crippen LogP contribution >= 0.6 is 23.2 Å². The fourth-order valence-corrected chi connectivity index (χ4v) is 5.32. The van der Waals surface area contributed by atoms with Gasteiger partial charge in [-0.2, -0.15) is 0 Å². The van der Waals surface area contributed by atoms with Gasteiger partial charge in [0.25, 0.3) is 5.91 Å². The van der Waals surface area contributed by atoms with Crippen LogP contribution in [0.4, 0.5) is 11.5 Å². The molecule has 10 heteroatoms. The standard InChI is InChI=1S/C31H36Cl2N4O4/c1-21(2)15-19-41-31(39)27(35-30(38)29-25(32)6-5-7-26(29)33)20-22-9-11-24(12-10-22)36-17-13-23(14-18-36)34-28-8-3-4-16-37(28)40/h3-12,16,21,23,27,40H,13-15,17-20H2,1-2H3,(H,35,38)/p+1/t27-/m0/s1. The lowest BCUT2D eigenvalue weighted by Crippen LogP contribution is -2.43. The smallest absolute Gasteiger partial charge is 0.328 e. The molecule has 4 rings (SSSR count). The van der Waals surface area contributed by atoms with Crippen LogP contribution in [-0.4, -0.2) is 48.9 Å². The molecule has 0 saturated carbocycles. The Morgan fingerprint density at radius 2 is 1.71 bits per heavy atom. The first kappa shape index (κ1) is 30.5. The summed E-state index contributed by atoms with van der Waals surface area (Å²) in [7, 11) is 0. The first-order valence-corrected chi connectivity index (χ1v) is 14.7. The summed E-state index contributed by atoms with van der Waals surface area (Å²) in [6, 6.07) is 17.7. The van der Waals surface area contributed by atoms with Gasteiger partial charge in [-0.05, 0) is 48.2 Å². The average molecular weight is 601 g/mol. The Morgan fingerprint density at radius 3 is 2.34 bits per heavy atom. The molecule has 0 radical (unpaired) electrons. The summed E-state index contributed by atoms with van der Waals surface area (Å²) in [6.45, 7) is 6.13. The van der Waals surface area contributed by atoms with Crippen LogP contribution in [-0.2, 0) is 16.0 Å². The molecule has 1 aliphatic heterocycles. The maximum absolute atomic E-state index is 13.1. The normalized spacial score (nSPS) is 14.5. The molecule has 0 bridgehead atoms. The van der Waals surface area contributed by atoms with E-state index in [2.05, 4.69) is 29.4 Å². The van der Waals surface area contributed by atoms with Crippen molar-refractivity contribution in [1.82, 2.24) is 5.32 Å². The fourth-order valence-electron chi connectivity index (χ4n) is 4.75. The Balaban J connectivity index is 1.39. The number of aromatic nitrogens is 1. The van der Waals surface area contributed by atoms with Crippen molar-refractivity contribution in [2.45, 2.75) is 51.6 Å². The molecule has 0 aliphatic carbocycles. The Morgan fingerprint density at radius 1 is 1.02 bits per heavy atom. The van der Waals surface area contributed by atoms with E-state index in [0.717, 1.165) is 48.3 Å². The summed E-state index contributed by atoms with van der Waals surface area (Å²) in [6.07, 6.45) is 4.45. The van der Waals surface area contributed by atoms with Gasteiger partial charge in [0.15, 0.2) is 0 Å². The quantitative estimate of drug-likeness (QED) is 0.152. The van der Waals surface area contributed by atoms with Crippen LogP contribution in [0.3, 0.4) is 0 Å². The lowest BCUT2D eigenvalue weighted by molar-refractivity contribution is -0.893. The maximum atomic E-state index is 13.1. The number of halogens is 2. The molecular weight excluding hydrogens is 563 g/mol. The van der Waals surface area contributed by atoms with Crippen LogP contribution < -0.4 is 20.3 Å². The number of rotatable bonds is 11. The number of nitrogens with one attached hydrogen (secondary N) is 2. The molecule has 41 heavy (non-hydrogen) atoms. The number of hydrogen-bond donors (Lipinski definition) is 3. The molecule has 1 atom stereocenters. The van der Waals surface area contributed by atoms with Crippen LogP contribution in [0.15, 0.2) is 66.9 Å². The van der Waals surface area contributed by atoms with E-state index in [4.69, 9.17) is 27.9 Å². The van der Waals surface area contributed by atoms with Crippen LogP contribution in [0.2, 0.25) is 10.0 Å². The fraction of sp³-hybridized carbons (Fsp3) is 0.387. The zero-order chi connectivity index (χ0) is 29.4. The topological polar surface area (TPSA) is 94.8 Å². The first-order chi connectivity index (χ1) is 19.7. The highest BCUT2D eigenvalue weighted by Crippen LogP contribution is 2.25. The van der Waals surface area contributed by atoms with Crippen LogP contribution in [0.1, 0.15) is 49.0 Å². The highest BCUT2D eigenvalue weighted by atomic mass is 35.5. The van der Waals surface area contributed by atoms with Gasteiger partial charge >= 0.3 is 11.8 Å². The number of esters is 1. The van der Waals surface area contributed by atoms with Crippen molar-refractivity contribution < 1.29 is 24.3 Å². The third-order valence-electron chi connectivity index (χ3n) is 7.15. The zero-order valence-electron chi connectivity index (χ0n) is 23.4. The third-order valence-corrected chi connectivity index (χ3v) is 7.78. The number of hydrogen-bond acceptors (Lipinski definition) is 6. The molecule has 218 valence electrons. The SMILES string of the molecule is CC(C)CCOC(=O)[C@H](Cc1ccc(N2CCC(Nc3cccc[n+]3O)CC2)cc1)NC(=O)c1c(Cl)cccc1Cl. The third kappa shape index (κ3) is 8.50. The lowest BCUT2D eigenvalue weighted by atomic mass is 10.0. The molecule has 2 heterocycles. The van der Waals surface area contributed by atoms with E-state index in [9.17, 15) is 14.8 Å². The van der Waals surface area contributed by atoms with Gasteiger partial charge in [0.1, 0.15) is 12.2 Å². The number of piperidine rings is 1. The van der Waals surface area contributed by atoms with E-state index >= 15 is 0 Å². The minimum Gasteiger partial charge on any atom is -0.464 e. The van der Waals surface area contributed by atoms with Gasteiger partial charge in [0, 0.05) is 44.1 Å². The summed E-state index contributed by atoms with van der Waals surface area (Å²) >= 11 is 12.5. The predicted octanol–water partition coefficient (Wildman–Crippen LogP) is 5.53. The second-order valence-corrected chi connectivity index (χ2v) is 11.5. The summed E-state index contributed by atoms with van der Waals surface area (Å²) in [5, 5.41) is 16.6. The monoisotopic (exact) mass is 599 g/mol. The molecule has 1 amide bonds. The average Bonchev–Trinajstić information content (AvgIpc) is 2.94. The van der Waals surface area contributed by atoms with Gasteiger partial charge < -0.3 is 20.2 Å². The first-order valence-electron chi connectivity index (χ1n) is 13.9. The highest BCUT2D eigenvalue weighted by Gasteiger charge is 2.27. The van der Waals surface area contributed by atoms with Crippen molar-refractivity contribution in [3.8, 4) is 0 Å². The van der Waals surface area contributed by atoms with Gasteiger partial charge in [-0.25, -0.2) is 4.79 Å². The molecule has 1 saturated heterocycles. The summed E-state index contributed by atoms with van der Waals surface area (Å²) in [5.74, 6) is 0.0391. The van der Waals surface area contributed by atoms with Crippen molar-refractivity contribution in [2.75, 3.05) is 29.9 Å². The Kier molecular flexibility index (Phi) is 10.7. The summed E-state index contributed by atoms with van der Waals surface area (Å²) in [4.78, 5) is 28.4. The van der Waals surface area contributed by atoms with E-state index < -0.39 is 17.9 Å². The van der Waals surface area contributed by atoms with Gasteiger partial charge in [0.2, 0.25) is 0 Å². The number of benzene rings is 2. The summed E-state index contributed by atoms with van der Waals surface area (Å²) in [5.41, 5.74) is 2.11. The Labute approximate surface area is 251 Å². The van der Waals surface area contributed by atoms with Crippen molar-refractivity contribution >= 4 is 46.6 Å². The van der Waals surface area contributed by atoms with Gasteiger partial charge in [-0.15, -0.1) is 0 Å². The summed E-state index contributed by atoms with van der Waals surface area (Å²) < 4.78 is 6.61. The number of ether oxygens (including phenoxy) is 1. The molecule has 1 aliphatic rings. The minimum atomic E-state index is -0.901. The molecule has 0 unspecified atom stereocenters. The van der Waals surface area contributed by atoms with E-state index in [1.165, 1.54) is 0 Å².